The number of carbonyl (C=O) groups is 2. The number of hydrogen-bond donors (Lipinski definition) is 1. The van der Waals surface area contributed by atoms with Crippen molar-refractivity contribution in [2.24, 2.45) is 0 Å². The van der Waals surface area contributed by atoms with Crippen LogP contribution >= 0.6 is 0 Å². The van der Waals surface area contributed by atoms with Crippen molar-refractivity contribution in [3.05, 3.63) is 81.7 Å². The van der Waals surface area contributed by atoms with Crippen LogP contribution in [-0.2, 0) is 16.9 Å². The number of amides is 3. The second-order valence-corrected chi connectivity index (χ2v) is 7.04. The molecular formula is C22H20N2O4. The van der Waals surface area contributed by atoms with E-state index < -0.39 is 17.2 Å². The maximum Gasteiger partial charge on any atom is 0.336 e. The van der Waals surface area contributed by atoms with Crippen LogP contribution in [0.3, 0.4) is 0 Å². The van der Waals surface area contributed by atoms with E-state index in [1.165, 1.54) is 11.0 Å². The first-order valence-electron chi connectivity index (χ1n) is 9.17. The SMILES string of the molecule is CC[C@@]1(c2ccccc2)NC(=O)N(Cc2cc(=O)oc3cc(C)ccc23)C1=O. The summed E-state index contributed by atoms with van der Waals surface area (Å²) in [6.07, 6.45) is 0.426. The van der Waals surface area contributed by atoms with Gasteiger partial charge < -0.3 is 9.73 Å². The first-order valence-corrected chi connectivity index (χ1v) is 9.17. The number of fused-ring (bicyclic) bond motifs is 1. The Kier molecular flexibility index (Phi) is 4.26. The van der Waals surface area contributed by atoms with Gasteiger partial charge >= 0.3 is 11.7 Å². The zero-order chi connectivity index (χ0) is 19.9. The van der Waals surface area contributed by atoms with Gasteiger partial charge in [0.15, 0.2) is 0 Å². The fourth-order valence-corrected chi connectivity index (χ4v) is 3.77. The largest absolute Gasteiger partial charge is 0.423 e. The lowest BCUT2D eigenvalue weighted by Gasteiger charge is -2.25. The van der Waals surface area contributed by atoms with Crippen LogP contribution in [-0.4, -0.2) is 16.8 Å². The Labute approximate surface area is 161 Å². The molecule has 0 spiro atoms. The first kappa shape index (κ1) is 18.0. The van der Waals surface area contributed by atoms with E-state index in [2.05, 4.69) is 5.32 Å². The molecule has 2 heterocycles. The summed E-state index contributed by atoms with van der Waals surface area (Å²) >= 11 is 0. The Bertz CT molecular complexity index is 1140. The van der Waals surface area contributed by atoms with Gasteiger partial charge in [0.2, 0.25) is 0 Å². The molecule has 28 heavy (non-hydrogen) atoms. The molecule has 1 fully saturated rings. The molecule has 1 N–H and O–H groups in total. The number of aryl methyl sites for hydroxylation is 1. The van der Waals surface area contributed by atoms with Gasteiger partial charge in [-0.3, -0.25) is 9.69 Å². The quantitative estimate of drug-likeness (QED) is 0.559. The lowest BCUT2D eigenvalue weighted by Crippen LogP contribution is -2.43. The highest BCUT2D eigenvalue weighted by Crippen LogP contribution is 2.33. The normalized spacial score (nSPS) is 19.3. The predicted molar refractivity (Wildman–Crippen MR) is 105 cm³/mol. The molecule has 3 amide bonds. The molecule has 1 aliphatic rings. The van der Waals surface area contributed by atoms with Crippen LogP contribution in [0.5, 0.6) is 0 Å². The van der Waals surface area contributed by atoms with Crippen molar-refractivity contribution < 1.29 is 14.0 Å². The Hall–Kier alpha value is -3.41. The molecule has 1 saturated heterocycles. The number of nitrogens with zero attached hydrogens (tertiary/aromatic N) is 1. The Balaban J connectivity index is 1.75. The van der Waals surface area contributed by atoms with Gasteiger partial charge in [-0.1, -0.05) is 49.4 Å². The number of benzene rings is 2. The maximum absolute atomic E-state index is 13.3. The zero-order valence-electron chi connectivity index (χ0n) is 15.7. The molecule has 1 aromatic heterocycles. The molecule has 4 rings (SSSR count). The van der Waals surface area contributed by atoms with E-state index >= 15 is 0 Å². The number of carbonyl (C=O) groups excluding carboxylic acids is 2. The number of urea groups is 1. The van der Waals surface area contributed by atoms with Crippen LogP contribution in [0.1, 0.15) is 30.0 Å². The van der Waals surface area contributed by atoms with E-state index in [0.29, 0.717) is 23.0 Å². The number of imide groups is 1. The van der Waals surface area contributed by atoms with E-state index in [0.717, 1.165) is 11.1 Å². The zero-order valence-corrected chi connectivity index (χ0v) is 15.7. The van der Waals surface area contributed by atoms with E-state index in [-0.39, 0.29) is 12.5 Å². The summed E-state index contributed by atoms with van der Waals surface area (Å²) in [6.45, 7) is 3.77. The minimum atomic E-state index is -1.09. The molecule has 0 aliphatic carbocycles. The molecule has 0 unspecified atom stereocenters. The number of hydrogen-bond acceptors (Lipinski definition) is 4. The third-order valence-corrected chi connectivity index (χ3v) is 5.29. The monoisotopic (exact) mass is 376 g/mol. The Morgan fingerprint density at radius 1 is 1.04 bits per heavy atom. The minimum Gasteiger partial charge on any atom is -0.423 e. The Morgan fingerprint density at radius 3 is 2.50 bits per heavy atom. The van der Waals surface area contributed by atoms with E-state index in [9.17, 15) is 14.4 Å². The summed E-state index contributed by atoms with van der Waals surface area (Å²) in [6, 6.07) is 15.6. The topological polar surface area (TPSA) is 79.6 Å². The van der Waals surface area contributed by atoms with Gasteiger partial charge in [0, 0.05) is 11.5 Å². The highest BCUT2D eigenvalue weighted by atomic mass is 16.4. The third kappa shape index (κ3) is 2.78. The second-order valence-electron chi connectivity index (χ2n) is 7.04. The fraction of sp³-hybridized carbons (Fsp3) is 0.227. The van der Waals surface area contributed by atoms with Crippen LogP contribution in [0.2, 0.25) is 0 Å². The highest BCUT2D eigenvalue weighted by molar-refractivity contribution is 6.07. The van der Waals surface area contributed by atoms with Crippen molar-refractivity contribution in [3.63, 3.8) is 0 Å². The molecule has 0 bridgehead atoms. The molecule has 6 nitrogen and oxygen atoms in total. The minimum absolute atomic E-state index is 0.00438. The van der Waals surface area contributed by atoms with E-state index in [4.69, 9.17) is 4.42 Å². The summed E-state index contributed by atoms with van der Waals surface area (Å²) in [5, 5.41) is 3.57. The molecule has 0 radical (unpaired) electrons. The molecule has 2 aromatic carbocycles. The van der Waals surface area contributed by atoms with Gasteiger partial charge in [-0.05, 0) is 36.1 Å². The molecular weight excluding hydrogens is 356 g/mol. The van der Waals surface area contributed by atoms with Crippen molar-refractivity contribution in [2.45, 2.75) is 32.4 Å². The smallest absolute Gasteiger partial charge is 0.336 e. The lowest BCUT2D eigenvalue weighted by molar-refractivity contribution is -0.132. The molecule has 1 aliphatic heterocycles. The first-order chi connectivity index (χ1) is 13.4. The van der Waals surface area contributed by atoms with Crippen molar-refractivity contribution in [1.29, 1.82) is 0 Å². The van der Waals surface area contributed by atoms with Crippen LogP contribution < -0.4 is 10.9 Å². The summed E-state index contributed by atoms with van der Waals surface area (Å²) in [5.41, 5.74) is 1.12. The molecule has 6 heteroatoms. The van der Waals surface area contributed by atoms with Crippen LogP contribution in [0, 0.1) is 6.92 Å². The van der Waals surface area contributed by atoms with Crippen LogP contribution in [0.25, 0.3) is 11.0 Å². The van der Waals surface area contributed by atoms with Crippen molar-refractivity contribution in [2.75, 3.05) is 0 Å². The van der Waals surface area contributed by atoms with Gasteiger partial charge in [0.25, 0.3) is 5.91 Å². The summed E-state index contributed by atoms with van der Waals surface area (Å²) < 4.78 is 5.27. The van der Waals surface area contributed by atoms with Gasteiger partial charge in [0.05, 0.1) is 6.54 Å². The molecule has 142 valence electrons. The summed E-state index contributed by atoms with van der Waals surface area (Å²) in [7, 11) is 0. The van der Waals surface area contributed by atoms with Gasteiger partial charge in [0.1, 0.15) is 11.1 Å². The lowest BCUT2D eigenvalue weighted by atomic mass is 9.87. The van der Waals surface area contributed by atoms with E-state index in [1.54, 1.807) is 6.07 Å². The Morgan fingerprint density at radius 2 is 1.79 bits per heavy atom. The maximum atomic E-state index is 13.3. The number of nitrogens with one attached hydrogen (secondary N) is 1. The summed E-state index contributed by atoms with van der Waals surface area (Å²) in [4.78, 5) is 39.2. The number of rotatable bonds is 4. The average Bonchev–Trinajstić information content (AvgIpc) is 2.93. The van der Waals surface area contributed by atoms with Crippen LogP contribution in [0.15, 0.2) is 63.8 Å². The van der Waals surface area contributed by atoms with Gasteiger partial charge in [-0.15, -0.1) is 0 Å². The van der Waals surface area contributed by atoms with Crippen molar-refractivity contribution in [1.82, 2.24) is 10.2 Å². The standard InChI is InChI=1S/C22H20N2O4/c1-3-22(16-7-5-4-6-8-16)20(26)24(21(27)23-22)13-15-12-19(25)28-18-11-14(2)9-10-17(15)18/h4-12H,3,13H2,1-2H3,(H,23,27)/t22-/m0/s1. The fourth-order valence-electron chi connectivity index (χ4n) is 3.77. The van der Waals surface area contributed by atoms with Gasteiger partial charge in [-0.25, -0.2) is 9.59 Å². The second kappa shape index (κ2) is 6.64. The van der Waals surface area contributed by atoms with Crippen molar-refractivity contribution in [3.8, 4) is 0 Å². The van der Waals surface area contributed by atoms with E-state index in [1.807, 2.05) is 56.3 Å². The summed E-state index contributed by atoms with van der Waals surface area (Å²) in [5.74, 6) is -0.320. The highest BCUT2D eigenvalue weighted by Gasteiger charge is 2.51. The molecule has 3 aromatic rings. The van der Waals surface area contributed by atoms with Gasteiger partial charge in [-0.2, -0.15) is 0 Å². The third-order valence-electron chi connectivity index (χ3n) is 5.29. The molecule has 0 saturated carbocycles. The molecule has 1 atom stereocenters. The average molecular weight is 376 g/mol. The van der Waals surface area contributed by atoms with Crippen molar-refractivity contribution >= 4 is 22.9 Å². The predicted octanol–water partition coefficient (Wildman–Crippen LogP) is 3.46. The van der Waals surface area contributed by atoms with Crippen LogP contribution in [0.4, 0.5) is 4.79 Å².